The van der Waals surface area contributed by atoms with Gasteiger partial charge in [-0.15, -0.1) is 0 Å². The monoisotopic (exact) mass is 299 g/mol. The Labute approximate surface area is 122 Å². The van der Waals surface area contributed by atoms with Gasteiger partial charge >= 0.3 is 0 Å². The molecule has 4 nitrogen and oxygen atoms in total. The number of rotatable bonds is 0. The van der Waals surface area contributed by atoms with Crippen LogP contribution >= 0.6 is 23.2 Å². The van der Waals surface area contributed by atoms with Gasteiger partial charge in [-0.2, -0.15) is 0 Å². The molecular formula is C13H15Cl2N3O. The summed E-state index contributed by atoms with van der Waals surface area (Å²) in [5.74, 6) is -0.131. The highest BCUT2D eigenvalue weighted by Crippen LogP contribution is 2.37. The van der Waals surface area contributed by atoms with Gasteiger partial charge in [-0.05, 0) is 25.6 Å². The molecule has 3 rings (SSSR count). The van der Waals surface area contributed by atoms with Crippen LogP contribution in [0.25, 0.3) is 0 Å². The number of nitrogens with one attached hydrogen (secondary N) is 1. The zero-order chi connectivity index (χ0) is 13.6. The van der Waals surface area contributed by atoms with Crippen molar-refractivity contribution in [3.8, 4) is 0 Å². The smallest absolute Gasteiger partial charge is 0.256 e. The summed E-state index contributed by atoms with van der Waals surface area (Å²) in [6, 6.07) is 3.65. The van der Waals surface area contributed by atoms with E-state index >= 15 is 0 Å². The van der Waals surface area contributed by atoms with Gasteiger partial charge < -0.3 is 15.1 Å². The first-order valence-electron chi connectivity index (χ1n) is 6.32. The number of carbonyl (C=O) groups excluding carboxylic acids is 1. The predicted octanol–water partition coefficient (Wildman–Crippen LogP) is 2.20. The predicted molar refractivity (Wildman–Crippen MR) is 77.2 cm³/mol. The molecule has 0 bridgehead atoms. The van der Waals surface area contributed by atoms with Crippen LogP contribution in [0.4, 0.5) is 5.69 Å². The quantitative estimate of drug-likeness (QED) is 0.798. The van der Waals surface area contributed by atoms with Crippen molar-refractivity contribution in [2.45, 2.75) is 12.6 Å². The van der Waals surface area contributed by atoms with Gasteiger partial charge in [0.2, 0.25) is 0 Å². The number of fused-ring (bicyclic) bond motifs is 3. The lowest BCUT2D eigenvalue weighted by molar-refractivity contribution is 0.0926. The summed E-state index contributed by atoms with van der Waals surface area (Å²) in [5.41, 5.74) is 1.38. The first kappa shape index (κ1) is 13.0. The van der Waals surface area contributed by atoms with Crippen molar-refractivity contribution in [1.82, 2.24) is 10.2 Å². The topological polar surface area (TPSA) is 35.6 Å². The normalized spacial score (nSPS) is 23.4. The van der Waals surface area contributed by atoms with Crippen molar-refractivity contribution in [3.05, 3.63) is 27.7 Å². The van der Waals surface area contributed by atoms with Crippen LogP contribution in [-0.2, 0) is 0 Å². The average molecular weight is 300 g/mol. The van der Waals surface area contributed by atoms with Gasteiger partial charge in [0, 0.05) is 19.6 Å². The molecule has 1 aromatic carbocycles. The lowest BCUT2D eigenvalue weighted by Gasteiger charge is -2.38. The largest absolute Gasteiger partial charge is 0.349 e. The molecule has 1 fully saturated rings. The molecule has 19 heavy (non-hydrogen) atoms. The number of amides is 1. The third-order valence-corrected chi connectivity index (χ3v) is 4.59. The standard InChI is InChI=1S/C13H15Cl2N3O/c1-17-5-4-10-16-13(19)11-9(18(10)7-6-17)3-2-8(14)12(11)15/h2-3,10H,4-7H2,1H3,(H,16,19). The van der Waals surface area contributed by atoms with Crippen molar-refractivity contribution < 1.29 is 4.79 Å². The minimum Gasteiger partial charge on any atom is -0.349 e. The molecule has 1 aromatic rings. The van der Waals surface area contributed by atoms with E-state index in [1.54, 1.807) is 6.07 Å². The zero-order valence-electron chi connectivity index (χ0n) is 10.6. The Morgan fingerprint density at radius 1 is 1.26 bits per heavy atom. The fourth-order valence-corrected chi connectivity index (χ4v) is 3.11. The Bertz CT molecular complexity index is 535. The molecule has 1 saturated heterocycles. The highest BCUT2D eigenvalue weighted by Gasteiger charge is 2.34. The number of likely N-dealkylation sites (N-methyl/N-ethyl adjacent to an activating group) is 1. The third kappa shape index (κ3) is 2.18. The summed E-state index contributed by atoms with van der Waals surface area (Å²) in [5, 5.41) is 3.78. The summed E-state index contributed by atoms with van der Waals surface area (Å²) in [7, 11) is 2.09. The van der Waals surface area contributed by atoms with Crippen molar-refractivity contribution in [1.29, 1.82) is 0 Å². The summed E-state index contributed by atoms with van der Waals surface area (Å²) < 4.78 is 0. The molecule has 2 aliphatic rings. The van der Waals surface area contributed by atoms with E-state index in [0.29, 0.717) is 15.6 Å². The van der Waals surface area contributed by atoms with E-state index in [1.165, 1.54) is 0 Å². The first-order chi connectivity index (χ1) is 9.08. The van der Waals surface area contributed by atoms with E-state index in [-0.39, 0.29) is 12.1 Å². The van der Waals surface area contributed by atoms with Crippen LogP contribution in [0.15, 0.2) is 12.1 Å². The first-order valence-corrected chi connectivity index (χ1v) is 7.07. The molecular weight excluding hydrogens is 285 g/mol. The molecule has 0 aromatic heterocycles. The molecule has 6 heteroatoms. The number of nitrogens with zero attached hydrogens (tertiary/aromatic N) is 2. The van der Waals surface area contributed by atoms with Crippen LogP contribution < -0.4 is 10.2 Å². The molecule has 2 heterocycles. The van der Waals surface area contributed by atoms with E-state index in [0.717, 1.165) is 31.7 Å². The number of benzene rings is 1. The molecule has 1 unspecified atom stereocenters. The van der Waals surface area contributed by atoms with Crippen molar-refractivity contribution in [2.24, 2.45) is 0 Å². The van der Waals surface area contributed by atoms with Gasteiger partial charge in [0.1, 0.15) is 6.17 Å². The Morgan fingerprint density at radius 3 is 2.84 bits per heavy atom. The van der Waals surface area contributed by atoms with Crippen LogP contribution in [0.1, 0.15) is 16.8 Å². The minimum absolute atomic E-state index is 0.0437. The lowest BCUT2D eigenvalue weighted by Crippen LogP contribution is -2.53. The second-order valence-electron chi connectivity index (χ2n) is 5.03. The summed E-state index contributed by atoms with van der Waals surface area (Å²) in [4.78, 5) is 16.7. The van der Waals surface area contributed by atoms with Crippen molar-refractivity contribution in [2.75, 3.05) is 31.6 Å². The maximum absolute atomic E-state index is 12.2. The molecule has 102 valence electrons. The fourth-order valence-electron chi connectivity index (χ4n) is 2.70. The summed E-state index contributed by atoms with van der Waals surface area (Å²) in [6.45, 7) is 2.80. The molecule has 0 radical (unpaired) electrons. The van der Waals surface area contributed by atoms with E-state index in [1.807, 2.05) is 6.07 Å². The van der Waals surface area contributed by atoms with Gasteiger partial charge in [0.25, 0.3) is 5.91 Å². The van der Waals surface area contributed by atoms with E-state index in [4.69, 9.17) is 23.2 Å². The SMILES string of the molecule is CN1CCC2NC(=O)c3c(ccc(Cl)c3Cl)N2CC1. The van der Waals surface area contributed by atoms with Crippen LogP contribution in [0, 0.1) is 0 Å². The molecule has 0 aliphatic carbocycles. The number of hydrogen-bond donors (Lipinski definition) is 1. The second-order valence-corrected chi connectivity index (χ2v) is 5.82. The van der Waals surface area contributed by atoms with Crippen LogP contribution in [0.3, 0.4) is 0 Å². The van der Waals surface area contributed by atoms with Gasteiger partial charge in [0.05, 0.1) is 21.3 Å². The number of halogens is 2. The lowest BCUT2D eigenvalue weighted by atomic mass is 10.1. The fraction of sp³-hybridized carbons (Fsp3) is 0.462. The van der Waals surface area contributed by atoms with Crippen molar-refractivity contribution in [3.63, 3.8) is 0 Å². The Kier molecular flexibility index (Phi) is 3.33. The molecule has 2 aliphatic heterocycles. The highest BCUT2D eigenvalue weighted by molar-refractivity contribution is 6.44. The molecule has 0 spiro atoms. The maximum atomic E-state index is 12.2. The van der Waals surface area contributed by atoms with Crippen molar-refractivity contribution >= 4 is 34.8 Å². The van der Waals surface area contributed by atoms with E-state index < -0.39 is 0 Å². The highest BCUT2D eigenvalue weighted by atomic mass is 35.5. The second kappa shape index (κ2) is 4.85. The minimum atomic E-state index is -0.131. The van der Waals surface area contributed by atoms with Crippen LogP contribution in [0.2, 0.25) is 10.0 Å². The van der Waals surface area contributed by atoms with Gasteiger partial charge in [-0.1, -0.05) is 23.2 Å². The summed E-state index contributed by atoms with van der Waals surface area (Å²) in [6.07, 6.45) is 0.948. The summed E-state index contributed by atoms with van der Waals surface area (Å²) >= 11 is 12.2. The van der Waals surface area contributed by atoms with Crippen LogP contribution in [-0.4, -0.2) is 43.7 Å². The molecule has 1 amide bonds. The van der Waals surface area contributed by atoms with E-state index in [9.17, 15) is 4.79 Å². The third-order valence-electron chi connectivity index (χ3n) is 3.79. The van der Waals surface area contributed by atoms with Crippen LogP contribution in [0.5, 0.6) is 0 Å². The van der Waals surface area contributed by atoms with Gasteiger partial charge in [0.15, 0.2) is 0 Å². The zero-order valence-corrected chi connectivity index (χ0v) is 12.1. The Morgan fingerprint density at radius 2 is 2.05 bits per heavy atom. The maximum Gasteiger partial charge on any atom is 0.256 e. The molecule has 1 atom stereocenters. The average Bonchev–Trinajstić information content (AvgIpc) is 2.56. The molecule has 0 saturated carbocycles. The Balaban J connectivity index is 2.07. The van der Waals surface area contributed by atoms with E-state index in [2.05, 4.69) is 22.2 Å². The number of anilines is 1. The molecule has 1 N–H and O–H groups in total. The van der Waals surface area contributed by atoms with Gasteiger partial charge in [-0.25, -0.2) is 0 Å². The number of carbonyl (C=O) groups is 1. The Hall–Kier alpha value is -0.970. The van der Waals surface area contributed by atoms with Gasteiger partial charge in [-0.3, -0.25) is 4.79 Å². The number of hydrogen-bond acceptors (Lipinski definition) is 3.